The Hall–Kier alpha value is -1.95. The van der Waals surface area contributed by atoms with Gasteiger partial charge in [0, 0.05) is 6.42 Å². The van der Waals surface area contributed by atoms with Crippen molar-refractivity contribution < 1.29 is 20.1 Å². The molecule has 0 saturated carbocycles. The second kappa shape index (κ2) is 32.0. The lowest BCUT2D eigenvalue weighted by Crippen LogP contribution is -2.45. The highest BCUT2D eigenvalue weighted by atomic mass is 16.3. The van der Waals surface area contributed by atoms with Crippen LogP contribution in [-0.2, 0) is 4.79 Å². The fourth-order valence-electron chi connectivity index (χ4n) is 4.60. The molecule has 0 fully saturated rings. The summed E-state index contributed by atoms with van der Waals surface area (Å²) in [6.45, 7) is 4.16. The summed E-state index contributed by atoms with van der Waals surface area (Å²) in [5, 5.41) is 32.7. The normalized spacial score (nSPS) is 14.7. The maximum atomic E-state index is 12.3. The highest BCUT2D eigenvalue weighted by Crippen LogP contribution is 2.12. The summed E-state index contributed by atoms with van der Waals surface area (Å²) < 4.78 is 0. The van der Waals surface area contributed by atoms with E-state index in [-0.39, 0.29) is 12.5 Å². The number of hydrogen-bond acceptors (Lipinski definition) is 4. The summed E-state index contributed by atoms with van der Waals surface area (Å²) >= 11 is 0. The van der Waals surface area contributed by atoms with Gasteiger partial charge in [-0.15, -0.1) is 0 Å². The molecular weight excluding hydrogens is 522 g/mol. The average molecular weight is 588 g/mol. The quantitative estimate of drug-likeness (QED) is 0.0400. The Balaban J connectivity index is 3.89. The molecule has 242 valence electrons. The first-order valence-corrected chi connectivity index (χ1v) is 17.1. The van der Waals surface area contributed by atoms with Gasteiger partial charge in [-0.25, -0.2) is 0 Å². The molecule has 0 rings (SSSR count). The van der Waals surface area contributed by atoms with Gasteiger partial charge in [0.15, 0.2) is 0 Å². The second-order valence-electron chi connectivity index (χ2n) is 11.4. The highest BCUT2D eigenvalue weighted by molar-refractivity contribution is 5.76. The minimum Gasteiger partial charge on any atom is -0.394 e. The largest absolute Gasteiger partial charge is 0.394 e. The van der Waals surface area contributed by atoms with E-state index in [0.29, 0.717) is 19.3 Å². The van der Waals surface area contributed by atoms with Crippen LogP contribution >= 0.6 is 0 Å². The van der Waals surface area contributed by atoms with E-state index in [2.05, 4.69) is 37.4 Å². The lowest BCUT2D eigenvalue weighted by Gasteiger charge is -2.19. The van der Waals surface area contributed by atoms with Crippen LogP contribution in [0.4, 0.5) is 0 Å². The molecular formula is C37H65NO4. The Labute approximate surface area is 259 Å². The van der Waals surface area contributed by atoms with E-state index in [1.165, 1.54) is 77.0 Å². The third-order valence-electron chi connectivity index (χ3n) is 7.33. The molecule has 0 aliphatic heterocycles. The molecule has 0 unspecified atom stereocenters. The fourth-order valence-corrected chi connectivity index (χ4v) is 4.60. The van der Waals surface area contributed by atoms with Crippen molar-refractivity contribution in [1.82, 2.24) is 5.32 Å². The zero-order chi connectivity index (χ0) is 30.9. The molecule has 42 heavy (non-hydrogen) atoms. The van der Waals surface area contributed by atoms with Crippen LogP contribution in [0, 0.1) is 0 Å². The number of rotatable bonds is 29. The molecule has 0 aliphatic rings. The van der Waals surface area contributed by atoms with Crippen LogP contribution in [0.2, 0.25) is 0 Å². The number of carbonyl (C=O) groups excluding carboxylic acids is 1. The first-order chi connectivity index (χ1) is 20.5. The van der Waals surface area contributed by atoms with Crippen LogP contribution in [0.5, 0.6) is 0 Å². The van der Waals surface area contributed by atoms with E-state index < -0.39 is 18.2 Å². The van der Waals surface area contributed by atoms with E-state index in [4.69, 9.17) is 0 Å². The predicted molar refractivity (Wildman–Crippen MR) is 180 cm³/mol. The summed E-state index contributed by atoms with van der Waals surface area (Å²) in [4.78, 5) is 12.3. The Bertz CT molecular complexity index is 740. The third-order valence-corrected chi connectivity index (χ3v) is 7.33. The lowest BCUT2D eigenvalue weighted by atomic mass is 10.1. The molecule has 0 saturated heterocycles. The fraction of sp³-hybridized carbons (Fsp3) is 0.703. The van der Waals surface area contributed by atoms with Crippen molar-refractivity contribution >= 4 is 5.91 Å². The summed E-state index contributed by atoms with van der Waals surface area (Å²) in [6.07, 6.45) is 40.3. The molecule has 0 radical (unpaired) electrons. The first kappa shape index (κ1) is 40.1. The molecule has 0 heterocycles. The number of nitrogens with one attached hydrogen (secondary N) is 1. The monoisotopic (exact) mass is 587 g/mol. The highest BCUT2D eigenvalue weighted by Gasteiger charge is 2.17. The number of amides is 1. The summed E-state index contributed by atoms with van der Waals surface area (Å²) in [6, 6.07) is -0.672. The molecule has 4 N–H and O–H groups in total. The number of unbranched alkanes of at least 4 members (excludes halogenated alkanes) is 14. The molecule has 0 bridgehead atoms. The van der Waals surface area contributed by atoms with Gasteiger partial charge in [-0.1, -0.05) is 145 Å². The van der Waals surface area contributed by atoms with E-state index in [0.717, 1.165) is 32.1 Å². The molecule has 0 aromatic carbocycles. The Morgan fingerprint density at radius 1 is 0.643 bits per heavy atom. The lowest BCUT2D eigenvalue weighted by molar-refractivity contribution is -0.122. The van der Waals surface area contributed by atoms with Crippen molar-refractivity contribution in [3.63, 3.8) is 0 Å². The van der Waals surface area contributed by atoms with Crippen LogP contribution < -0.4 is 5.32 Å². The number of aliphatic hydroxyl groups excluding tert-OH is 3. The van der Waals surface area contributed by atoms with Gasteiger partial charge in [0.2, 0.25) is 5.91 Å². The van der Waals surface area contributed by atoms with Gasteiger partial charge in [-0.05, 0) is 51.4 Å². The van der Waals surface area contributed by atoms with E-state index >= 15 is 0 Å². The number of carbonyl (C=O) groups is 1. The van der Waals surface area contributed by atoms with Gasteiger partial charge in [-0.3, -0.25) is 4.79 Å². The zero-order valence-corrected chi connectivity index (χ0v) is 27.1. The predicted octanol–water partition coefficient (Wildman–Crippen LogP) is 8.81. The molecule has 0 aromatic rings. The van der Waals surface area contributed by atoms with Crippen molar-refractivity contribution in [2.24, 2.45) is 0 Å². The molecule has 0 aliphatic carbocycles. The zero-order valence-electron chi connectivity index (χ0n) is 27.1. The van der Waals surface area contributed by atoms with Gasteiger partial charge in [0.1, 0.15) is 0 Å². The van der Waals surface area contributed by atoms with Crippen LogP contribution in [-0.4, -0.2) is 46.1 Å². The minimum atomic E-state index is -0.880. The number of allylic oxidation sites excluding steroid dienone is 7. The molecule has 1 amide bonds. The summed E-state index contributed by atoms with van der Waals surface area (Å²) in [7, 11) is 0. The number of hydrogen-bond donors (Lipinski definition) is 4. The minimum absolute atomic E-state index is 0.151. The van der Waals surface area contributed by atoms with Gasteiger partial charge in [0.25, 0.3) is 0 Å². The van der Waals surface area contributed by atoms with Crippen molar-refractivity contribution in [3.8, 4) is 0 Å². The number of aliphatic hydroxyl groups is 3. The van der Waals surface area contributed by atoms with Gasteiger partial charge < -0.3 is 20.6 Å². The van der Waals surface area contributed by atoms with E-state index in [1.807, 2.05) is 36.5 Å². The smallest absolute Gasteiger partial charge is 0.220 e. The maximum Gasteiger partial charge on any atom is 0.220 e. The van der Waals surface area contributed by atoms with Crippen LogP contribution in [0.3, 0.4) is 0 Å². The molecule has 5 nitrogen and oxygen atoms in total. The first-order valence-electron chi connectivity index (χ1n) is 17.1. The Morgan fingerprint density at radius 3 is 1.90 bits per heavy atom. The molecule has 3 atom stereocenters. The van der Waals surface area contributed by atoms with Crippen LogP contribution in [0.15, 0.2) is 60.8 Å². The summed E-state index contributed by atoms with van der Waals surface area (Å²) in [5.41, 5.74) is 0. The topological polar surface area (TPSA) is 89.8 Å². The van der Waals surface area contributed by atoms with E-state index in [1.54, 1.807) is 6.08 Å². The molecule has 0 aromatic heterocycles. The average Bonchev–Trinajstić information content (AvgIpc) is 2.98. The van der Waals surface area contributed by atoms with Gasteiger partial charge >= 0.3 is 0 Å². The maximum absolute atomic E-state index is 12.3. The molecule has 0 spiro atoms. The van der Waals surface area contributed by atoms with Crippen molar-refractivity contribution in [3.05, 3.63) is 60.8 Å². The van der Waals surface area contributed by atoms with E-state index in [9.17, 15) is 20.1 Å². The Kier molecular flexibility index (Phi) is 30.5. The van der Waals surface area contributed by atoms with Crippen molar-refractivity contribution in [2.45, 2.75) is 161 Å². The SMILES string of the molecule is CCCCC/C=C\C=C/[C@H](O)C/C=C\C/C=C/CCCC(=O)N[C@@H](CO)[C@H](O)/C=C/CCCCCCCCCCCC. The second-order valence-corrected chi connectivity index (χ2v) is 11.4. The summed E-state index contributed by atoms with van der Waals surface area (Å²) in [5.74, 6) is -0.151. The van der Waals surface area contributed by atoms with Gasteiger partial charge in [-0.2, -0.15) is 0 Å². The van der Waals surface area contributed by atoms with Crippen LogP contribution in [0.1, 0.15) is 142 Å². The third kappa shape index (κ3) is 28.2. The van der Waals surface area contributed by atoms with Crippen LogP contribution in [0.25, 0.3) is 0 Å². The Morgan fingerprint density at radius 2 is 1.21 bits per heavy atom. The van der Waals surface area contributed by atoms with Crippen molar-refractivity contribution in [1.29, 1.82) is 0 Å². The van der Waals surface area contributed by atoms with Gasteiger partial charge in [0.05, 0.1) is 24.9 Å². The molecule has 5 heteroatoms. The standard InChI is InChI=1S/C37H65NO4/c1-3-5-7-9-11-12-13-14-15-19-23-27-31-36(41)35(33-39)38-37(42)32-28-24-20-16-18-22-26-30-34(40)29-25-21-17-10-8-6-4-2/h16-17,20-22,25-27,29,31,34-36,39-41H,3-15,18-19,23-24,28,30,32-33H2,1-2H3,(H,38,42)/b20-16+,21-17-,26-22-,29-25-,31-27+/t34-,35-,36+/m0/s1. The van der Waals surface area contributed by atoms with Crippen molar-refractivity contribution in [2.75, 3.05) is 6.61 Å².